The molecule has 0 bridgehead atoms. The molecule has 0 spiro atoms. The second-order valence-corrected chi connectivity index (χ2v) is 12.1. The van der Waals surface area contributed by atoms with Gasteiger partial charge in [-0.05, 0) is 75.5 Å². The van der Waals surface area contributed by atoms with Crippen LogP contribution < -0.4 is 4.74 Å². The second kappa shape index (κ2) is 19.5. The molecule has 40 heavy (non-hydrogen) atoms. The first-order valence-corrected chi connectivity index (χ1v) is 14.5. The van der Waals surface area contributed by atoms with E-state index in [0.29, 0.717) is 35.5 Å². The van der Waals surface area contributed by atoms with E-state index in [9.17, 15) is 0 Å². The second-order valence-electron chi connectivity index (χ2n) is 12.1. The summed E-state index contributed by atoms with van der Waals surface area (Å²) >= 11 is 0. The van der Waals surface area contributed by atoms with Crippen LogP contribution in [0.2, 0.25) is 0 Å². The van der Waals surface area contributed by atoms with E-state index in [1.807, 2.05) is 6.20 Å². The van der Waals surface area contributed by atoms with Crippen molar-refractivity contribution < 1.29 is 4.74 Å². The summed E-state index contributed by atoms with van der Waals surface area (Å²) in [7, 11) is 1.74. The maximum Gasteiger partial charge on any atom is 0.122 e. The molecule has 0 saturated carbocycles. The number of rotatable bonds is 7. The lowest BCUT2D eigenvalue weighted by atomic mass is 9.96. The van der Waals surface area contributed by atoms with E-state index in [0.717, 1.165) is 5.75 Å². The Labute approximate surface area is 250 Å². The molecule has 0 amide bonds. The first-order valence-electron chi connectivity index (χ1n) is 14.5. The van der Waals surface area contributed by atoms with Crippen molar-refractivity contribution in [3.05, 3.63) is 94.3 Å². The van der Waals surface area contributed by atoms with Gasteiger partial charge in [0.1, 0.15) is 5.75 Å². The highest BCUT2D eigenvalue weighted by molar-refractivity contribution is 5.40. The lowest BCUT2D eigenvalue weighted by Crippen LogP contribution is -1.96. The number of hydrogen-bond acceptors (Lipinski definition) is 2. The largest absolute Gasteiger partial charge is 0.496 e. The molecule has 0 aliphatic carbocycles. The molecule has 0 radical (unpaired) electrons. The van der Waals surface area contributed by atoms with Crippen LogP contribution in [0.1, 0.15) is 167 Å². The Morgan fingerprint density at radius 1 is 0.475 bits per heavy atom. The zero-order valence-corrected chi connectivity index (χ0v) is 26.6. The van der Waals surface area contributed by atoms with E-state index in [2.05, 4.69) is 143 Å². The van der Waals surface area contributed by atoms with E-state index in [1.165, 1.54) is 33.5 Å². The molecule has 2 heteroatoms. The van der Waals surface area contributed by atoms with Crippen molar-refractivity contribution in [3.63, 3.8) is 0 Å². The van der Waals surface area contributed by atoms with Crippen LogP contribution >= 0.6 is 0 Å². The minimum Gasteiger partial charge on any atom is -0.496 e. The molecule has 0 aliphatic rings. The van der Waals surface area contributed by atoms with Crippen LogP contribution in [0.15, 0.2) is 60.8 Å². The van der Waals surface area contributed by atoms with Crippen LogP contribution in [0.5, 0.6) is 5.75 Å². The number of ether oxygens (including phenoxy) is 1. The normalized spacial score (nSPS) is 10.6. The molecule has 226 valence electrons. The van der Waals surface area contributed by atoms with E-state index in [4.69, 9.17) is 4.74 Å². The predicted octanol–water partition coefficient (Wildman–Crippen LogP) is 12.5. The van der Waals surface area contributed by atoms with Gasteiger partial charge in [0.2, 0.25) is 0 Å². The van der Waals surface area contributed by atoms with Crippen molar-refractivity contribution in [2.24, 2.45) is 0 Å². The standard InChI is InChI=1S/C13H20O.C12H18.C11H17N.2CH4/c1-9(2)11-6-7-12(10(3)4)13(8-11)14-5;1-9(2)11-5-7-12(8-6-11)10(3)4;1-8(2)10-5-6-11(9(3)4)12-7-10;;/h6-10H,1-5H3;5-10H,1-4H3;5-9H,1-4H3;2*1H4. The number of methoxy groups -OCH3 is 1. The van der Waals surface area contributed by atoms with Gasteiger partial charge in [-0.15, -0.1) is 0 Å². The Hall–Kier alpha value is -2.61. The molecule has 2 nitrogen and oxygen atoms in total. The Morgan fingerprint density at radius 2 is 0.875 bits per heavy atom. The maximum absolute atomic E-state index is 5.40. The summed E-state index contributed by atoms with van der Waals surface area (Å²) in [6.45, 7) is 26.4. The topological polar surface area (TPSA) is 22.1 Å². The number of hydrogen-bond donors (Lipinski definition) is 0. The summed E-state index contributed by atoms with van der Waals surface area (Å²) < 4.78 is 5.40. The summed E-state index contributed by atoms with van der Waals surface area (Å²) in [6.07, 6.45) is 1.99. The molecule has 3 aromatic rings. The fourth-order valence-corrected chi connectivity index (χ4v) is 3.93. The smallest absolute Gasteiger partial charge is 0.122 e. The van der Waals surface area contributed by atoms with Gasteiger partial charge < -0.3 is 4.74 Å². The average Bonchev–Trinajstić information content (AvgIpc) is 2.88. The molecule has 0 aliphatic heterocycles. The van der Waals surface area contributed by atoms with Gasteiger partial charge in [0, 0.05) is 11.9 Å². The van der Waals surface area contributed by atoms with Crippen molar-refractivity contribution >= 4 is 0 Å². The number of benzene rings is 2. The van der Waals surface area contributed by atoms with Crippen molar-refractivity contribution in [2.45, 2.75) is 133 Å². The zero-order valence-electron chi connectivity index (χ0n) is 26.6. The van der Waals surface area contributed by atoms with Crippen LogP contribution in [0, 0.1) is 0 Å². The quantitative estimate of drug-likeness (QED) is 0.292. The third-order valence-electron chi connectivity index (χ3n) is 6.88. The Bertz CT molecular complexity index is 932. The summed E-state index contributed by atoms with van der Waals surface area (Å²) in [5.41, 5.74) is 7.99. The summed E-state index contributed by atoms with van der Waals surface area (Å²) in [5.74, 6) is 4.50. The highest BCUT2D eigenvalue weighted by atomic mass is 16.5. The van der Waals surface area contributed by atoms with Crippen molar-refractivity contribution in [3.8, 4) is 5.75 Å². The zero-order chi connectivity index (χ0) is 29.0. The molecule has 1 aromatic heterocycles. The van der Waals surface area contributed by atoms with Crippen LogP contribution in [0.25, 0.3) is 0 Å². The van der Waals surface area contributed by atoms with Gasteiger partial charge >= 0.3 is 0 Å². The SMILES string of the molecule is C.C.CC(C)c1ccc(C(C)C)cc1.CC(C)c1ccc(C(C)C)nc1.COc1cc(C(C)C)ccc1C(C)C. The van der Waals surface area contributed by atoms with Crippen LogP contribution in [0.4, 0.5) is 0 Å². The molecule has 0 atom stereocenters. The lowest BCUT2D eigenvalue weighted by Gasteiger charge is -2.14. The first kappa shape index (κ1) is 39.5. The molecule has 0 unspecified atom stereocenters. The highest BCUT2D eigenvalue weighted by Gasteiger charge is 2.09. The highest BCUT2D eigenvalue weighted by Crippen LogP contribution is 2.29. The lowest BCUT2D eigenvalue weighted by molar-refractivity contribution is 0.406. The fraction of sp³-hybridized carbons (Fsp3) is 0.553. The van der Waals surface area contributed by atoms with E-state index < -0.39 is 0 Å². The first-order chi connectivity index (χ1) is 17.8. The molecule has 3 rings (SSSR count). The monoisotopic (exact) mass is 549 g/mol. The van der Waals surface area contributed by atoms with E-state index >= 15 is 0 Å². The molecule has 2 aromatic carbocycles. The van der Waals surface area contributed by atoms with Crippen LogP contribution in [0.3, 0.4) is 0 Å². The number of nitrogens with zero attached hydrogens (tertiary/aromatic N) is 1. The minimum atomic E-state index is 0. The molecule has 1 heterocycles. The molecule has 0 fully saturated rings. The van der Waals surface area contributed by atoms with Crippen LogP contribution in [-0.2, 0) is 0 Å². The third-order valence-corrected chi connectivity index (χ3v) is 6.88. The Morgan fingerprint density at radius 3 is 1.18 bits per heavy atom. The van der Waals surface area contributed by atoms with Crippen molar-refractivity contribution in [2.75, 3.05) is 7.11 Å². The molecule has 0 N–H and O–H groups in total. The maximum atomic E-state index is 5.40. The van der Waals surface area contributed by atoms with Gasteiger partial charge in [0.05, 0.1) is 7.11 Å². The van der Waals surface area contributed by atoms with Gasteiger partial charge in [0.15, 0.2) is 0 Å². The van der Waals surface area contributed by atoms with Gasteiger partial charge in [-0.1, -0.05) is 140 Å². The number of aromatic nitrogens is 1. The van der Waals surface area contributed by atoms with Crippen molar-refractivity contribution in [1.29, 1.82) is 0 Å². The Kier molecular flexibility index (Phi) is 19.2. The summed E-state index contributed by atoms with van der Waals surface area (Å²) in [5, 5.41) is 0. The predicted molar refractivity (Wildman–Crippen MR) is 182 cm³/mol. The summed E-state index contributed by atoms with van der Waals surface area (Å²) in [4.78, 5) is 4.40. The van der Waals surface area contributed by atoms with E-state index in [-0.39, 0.29) is 14.9 Å². The molecule has 0 saturated heterocycles. The summed E-state index contributed by atoms with van der Waals surface area (Å²) in [6, 6.07) is 19.8. The van der Waals surface area contributed by atoms with Crippen LogP contribution in [-0.4, -0.2) is 12.1 Å². The van der Waals surface area contributed by atoms with E-state index in [1.54, 1.807) is 7.11 Å². The third kappa shape index (κ3) is 13.2. The average molecular weight is 550 g/mol. The Balaban J connectivity index is 0. The van der Waals surface area contributed by atoms with Gasteiger partial charge in [-0.25, -0.2) is 0 Å². The van der Waals surface area contributed by atoms with Crippen molar-refractivity contribution in [1.82, 2.24) is 4.98 Å². The molecular formula is C38H63NO. The number of pyridine rings is 1. The fourth-order valence-electron chi connectivity index (χ4n) is 3.93. The van der Waals surface area contributed by atoms with Gasteiger partial charge in [-0.2, -0.15) is 0 Å². The van der Waals surface area contributed by atoms with Gasteiger partial charge in [0.25, 0.3) is 0 Å². The van der Waals surface area contributed by atoms with Gasteiger partial charge in [-0.3, -0.25) is 4.98 Å². The minimum absolute atomic E-state index is 0. The molecular weight excluding hydrogens is 486 g/mol.